The fourth-order valence-electron chi connectivity index (χ4n) is 0.838. The number of anilines is 1. The summed E-state index contributed by atoms with van der Waals surface area (Å²) >= 11 is 1.53. The van der Waals surface area contributed by atoms with E-state index < -0.39 is 0 Å². The lowest BCUT2D eigenvalue weighted by molar-refractivity contribution is 1.37. The Morgan fingerprint density at radius 3 is 2.73 bits per heavy atom. The van der Waals surface area contributed by atoms with E-state index >= 15 is 0 Å². The molecule has 56 valence electrons. The Balaban J connectivity index is 3.27. The van der Waals surface area contributed by atoms with Crippen molar-refractivity contribution in [3.63, 3.8) is 0 Å². The first-order chi connectivity index (χ1) is 5.29. The second kappa shape index (κ2) is 3.31. The minimum atomic E-state index is 0.555. The molecule has 0 radical (unpaired) electrons. The molecule has 11 heavy (non-hydrogen) atoms. The molecule has 0 aliphatic rings. The van der Waals surface area contributed by atoms with E-state index in [1.807, 2.05) is 18.4 Å². The fraction of sp³-hybridized carbons (Fsp3) is 0.125. The monoisotopic (exact) mass is 164 g/mol. The highest BCUT2D eigenvalue weighted by Gasteiger charge is 2.02. The zero-order valence-electron chi connectivity index (χ0n) is 6.16. The summed E-state index contributed by atoms with van der Waals surface area (Å²) in [5, 5.41) is 8.69. The van der Waals surface area contributed by atoms with E-state index in [2.05, 4.69) is 6.07 Å². The molecule has 1 aromatic rings. The smallest absolute Gasteiger partial charge is 0.102 e. The summed E-state index contributed by atoms with van der Waals surface area (Å²) in [6.07, 6.45) is 1.93. The van der Waals surface area contributed by atoms with Crippen LogP contribution < -0.4 is 5.73 Å². The van der Waals surface area contributed by atoms with Gasteiger partial charge in [-0.1, -0.05) is 6.07 Å². The van der Waals surface area contributed by atoms with Crippen molar-refractivity contribution in [1.29, 1.82) is 5.26 Å². The SMILES string of the molecule is CSc1cccc(N)c1C#N. The minimum absolute atomic E-state index is 0.555. The van der Waals surface area contributed by atoms with Crippen LogP contribution in [0.1, 0.15) is 5.56 Å². The summed E-state index contributed by atoms with van der Waals surface area (Å²) in [7, 11) is 0. The average Bonchev–Trinajstić information content (AvgIpc) is 2.04. The molecule has 0 aliphatic carbocycles. The van der Waals surface area contributed by atoms with Crippen LogP contribution in [0.5, 0.6) is 0 Å². The Hall–Kier alpha value is -1.14. The van der Waals surface area contributed by atoms with E-state index in [1.54, 1.807) is 6.07 Å². The van der Waals surface area contributed by atoms with Gasteiger partial charge in [0.1, 0.15) is 6.07 Å². The summed E-state index contributed by atoms with van der Waals surface area (Å²) in [6.45, 7) is 0. The lowest BCUT2D eigenvalue weighted by Gasteiger charge is -2.01. The molecule has 0 spiro atoms. The van der Waals surface area contributed by atoms with Gasteiger partial charge >= 0.3 is 0 Å². The van der Waals surface area contributed by atoms with E-state index in [-0.39, 0.29) is 0 Å². The van der Waals surface area contributed by atoms with Crippen LogP contribution in [0, 0.1) is 11.3 Å². The van der Waals surface area contributed by atoms with E-state index in [0.717, 1.165) is 4.90 Å². The fourth-order valence-corrected chi connectivity index (χ4v) is 1.42. The van der Waals surface area contributed by atoms with Crippen LogP contribution in [0.2, 0.25) is 0 Å². The summed E-state index contributed by atoms with van der Waals surface area (Å²) < 4.78 is 0. The lowest BCUT2D eigenvalue weighted by Crippen LogP contribution is -1.91. The Kier molecular flexibility index (Phi) is 2.40. The van der Waals surface area contributed by atoms with Crippen LogP contribution in [-0.4, -0.2) is 6.26 Å². The van der Waals surface area contributed by atoms with Crippen molar-refractivity contribution in [1.82, 2.24) is 0 Å². The van der Waals surface area contributed by atoms with Gasteiger partial charge in [0.15, 0.2) is 0 Å². The summed E-state index contributed by atoms with van der Waals surface area (Å²) in [6, 6.07) is 7.54. The predicted octanol–water partition coefficient (Wildman–Crippen LogP) is 1.86. The highest BCUT2D eigenvalue weighted by Crippen LogP contribution is 2.23. The van der Waals surface area contributed by atoms with Gasteiger partial charge in [-0.05, 0) is 18.4 Å². The van der Waals surface area contributed by atoms with Crippen molar-refractivity contribution < 1.29 is 0 Å². The molecule has 0 saturated carbocycles. The maximum absolute atomic E-state index is 8.69. The molecule has 0 saturated heterocycles. The third kappa shape index (κ3) is 1.47. The van der Waals surface area contributed by atoms with Crippen LogP contribution in [0.4, 0.5) is 5.69 Å². The Labute approximate surface area is 70.0 Å². The van der Waals surface area contributed by atoms with Crippen LogP contribution >= 0.6 is 11.8 Å². The predicted molar refractivity (Wildman–Crippen MR) is 47.4 cm³/mol. The number of nitriles is 1. The van der Waals surface area contributed by atoms with Gasteiger partial charge in [0.05, 0.1) is 11.3 Å². The molecular weight excluding hydrogens is 156 g/mol. The van der Waals surface area contributed by atoms with Gasteiger partial charge < -0.3 is 5.73 Å². The van der Waals surface area contributed by atoms with E-state index in [0.29, 0.717) is 11.3 Å². The number of hydrogen-bond acceptors (Lipinski definition) is 3. The molecule has 0 aliphatic heterocycles. The van der Waals surface area contributed by atoms with Crippen LogP contribution in [0.25, 0.3) is 0 Å². The topological polar surface area (TPSA) is 49.8 Å². The van der Waals surface area contributed by atoms with Crippen LogP contribution in [-0.2, 0) is 0 Å². The molecule has 2 N–H and O–H groups in total. The quantitative estimate of drug-likeness (QED) is 0.509. The molecule has 1 aromatic carbocycles. The zero-order valence-corrected chi connectivity index (χ0v) is 6.98. The van der Waals surface area contributed by atoms with Gasteiger partial charge in [-0.2, -0.15) is 5.26 Å². The molecule has 0 heterocycles. The summed E-state index contributed by atoms with van der Waals surface area (Å²) in [4.78, 5) is 0.938. The second-order valence-corrected chi connectivity index (χ2v) is 2.88. The number of thioether (sulfide) groups is 1. The number of nitrogens with zero attached hydrogens (tertiary/aromatic N) is 1. The second-order valence-electron chi connectivity index (χ2n) is 2.04. The van der Waals surface area contributed by atoms with Gasteiger partial charge in [-0.15, -0.1) is 11.8 Å². The molecule has 0 amide bonds. The first kappa shape index (κ1) is 7.96. The van der Waals surface area contributed by atoms with Crippen molar-refractivity contribution in [3.8, 4) is 6.07 Å². The van der Waals surface area contributed by atoms with Crippen molar-refractivity contribution in [2.45, 2.75) is 4.90 Å². The molecular formula is C8H8N2S. The largest absolute Gasteiger partial charge is 0.398 e. The van der Waals surface area contributed by atoms with Crippen LogP contribution in [0.15, 0.2) is 23.1 Å². The van der Waals surface area contributed by atoms with Crippen molar-refractivity contribution in [3.05, 3.63) is 23.8 Å². The molecule has 0 aromatic heterocycles. The number of nitrogens with two attached hydrogens (primary N) is 1. The lowest BCUT2D eigenvalue weighted by atomic mass is 10.2. The van der Waals surface area contributed by atoms with Gasteiger partial charge in [-0.3, -0.25) is 0 Å². The van der Waals surface area contributed by atoms with Gasteiger partial charge in [0, 0.05) is 4.90 Å². The highest BCUT2D eigenvalue weighted by atomic mass is 32.2. The van der Waals surface area contributed by atoms with Crippen LogP contribution in [0.3, 0.4) is 0 Å². The molecule has 3 heteroatoms. The van der Waals surface area contributed by atoms with Crippen molar-refractivity contribution >= 4 is 17.4 Å². The number of rotatable bonds is 1. The van der Waals surface area contributed by atoms with Crippen molar-refractivity contribution in [2.75, 3.05) is 12.0 Å². The van der Waals surface area contributed by atoms with E-state index in [9.17, 15) is 0 Å². The van der Waals surface area contributed by atoms with E-state index in [4.69, 9.17) is 11.0 Å². The third-order valence-corrected chi connectivity index (χ3v) is 2.17. The molecule has 0 unspecified atom stereocenters. The maximum atomic E-state index is 8.69. The number of nitrogen functional groups attached to an aromatic ring is 1. The summed E-state index contributed by atoms with van der Waals surface area (Å²) in [5.74, 6) is 0. The standard InChI is InChI=1S/C8H8N2S/c1-11-8-4-2-3-7(10)6(8)5-9/h2-4H,10H2,1H3. The molecule has 1 rings (SSSR count). The Morgan fingerprint density at radius 2 is 2.27 bits per heavy atom. The zero-order chi connectivity index (χ0) is 8.27. The first-order valence-corrected chi connectivity index (χ1v) is 4.34. The summed E-state index contributed by atoms with van der Waals surface area (Å²) in [5.41, 5.74) is 6.71. The molecule has 0 atom stereocenters. The number of hydrogen-bond donors (Lipinski definition) is 1. The Morgan fingerprint density at radius 1 is 1.55 bits per heavy atom. The number of benzene rings is 1. The van der Waals surface area contributed by atoms with Crippen molar-refractivity contribution in [2.24, 2.45) is 0 Å². The third-order valence-electron chi connectivity index (χ3n) is 1.39. The van der Waals surface area contributed by atoms with Gasteiger partial charge in [0.25, 0.3) is 0 Å². The minimum Gasteiger partial charge on any atom is -0.398 e. The highest BCUT2D eigenvalue weighted by molar-refractivity contribution is 7.98. The molecule has 2 nitrogen and oxygen atoms in total. The van der Waals surface area contributed by atoms with Gasteiger partial charge in [-0.25, -0.2) is 0 Å². The van der Waals surface area contributed by atoms with Gasteiger partial charge in [0.2, 0.25) is 0 Å². The first-order valence-electron chi connectivity index (χ1n) is 3.12. The maximum Gasteiger partial charge on any atom is 0.102 e. The molecule has 0 fully saturated rings. The normalized spacial score (nSPS) is 9.09. The van der Waals surface area contributed by atoms with E-state index in [1.165, 1.54) is 11.8 Å². The molecule has 0 bridgehead atoms. The Bertz CT molecular complexity index is 301. The average molecular weight is 164 g/mol.